The zero-order valence-electron chi connectivity index (χ0n) is 11.5. The van der Waals surface area contributed by atoms with Crippen LogP contribution in [-0.2, 0) is 9.53 Å². The molecule has 0 aromatic carbocycles. The van der Waals surface area contributed by atoms with Crippen molar-refractivity contribution in [1.82, 2.24) is 10.6 Å². The number of unbranched alkanes of at least 4 members (excludes halogenated alkanes) is 2. The van der Waals surface area contributed by atoms with Crippen LogP contribution in [0.1, 0.15) is 45.4 Å². The van der Waals surface area contributed by atoms with Crippen LogP contribution >= 0.6 is 0 Å². The van der Waals surface area contributed by atoms with Crippen LogP contribution in [0.5, 0.6) is 0 Å². The fraction of sp³-hybridized carbons (Fsp3) is 0.846. The molecule has 6 nitrogen and oxygen atoms in total. The van der Waals surface area contributed by atoms with Crippen molar-refractivity contribution in [2.24, 2.45) is 0 Å². The molecule has 1 aliphatic rings. The minimum atomic E-state index is -0.768. The number of hydrogen-bond donors (Lipinski definition) is 3. The van der Waals surface area contributed by atoms with Crippen LogP contribution in [0.2, 0.25) is 0 Å². The van der Waals surface area contributed by atoms with Gasteiger partial charge in [-0.2, -0.15) is 0 Å². The summed E-state index contributed by atoms with van der Waals surface area (Å²) in [6.07, 6.45) is 4.36. The molecule has 6 heteroatoms. The smallest absolute Gasteiger partial charge is 0.315 e. The molecule has 2 amide bonds. The number of carboxylic acid groups (broad SMARTS) is 1. The van der Waals surface area contributed by atoms with E-state index in [4.69, 9.17) is 9.84 Å². The number of urea groups is 1. The Kier molecular flexibility index (Phi) is 6.62. The largest absolute Gasteiger partial charge is 0.481 e. The van der Waals surface area contributed by atoms with E-state index in [-0.39, 0.29) is 18.0 Å². The van der Waals surface area contributed by atoms with E-state index in [1.807, 2.05) is 6.92 Å². The van der Waals surface area contributed by atoms with Gasteiger partial charge in [-0.05, 0) is 32.6 Å². The molecule has 0 bridgehead atoms. The van der Waals surface area contributed by atoms with Crippen LogP contribution in [0.15, 0.2) is 0 Å². The summed E-state index contributed by atoms with van der Waals surface area (Å²) in [5.74, 6) is -0.768. The van der Waals surface area contributed by atoms with Crippen LogP contribution in [0.4, 0.5) is 4.79 Å². The first-order chi connectivity index (χ1) is 9.02. The summed E-state index contributed by atoms with van der Waals surface area (Å²) in [6, 6.07) is -0.175. The Balaban J connectivity index is 2.06. The Morgan fingerprint density at radius 1 is 1.32 bits per heavy atom. The second kappa shape index (κ2) is 7.99. The maximum atomic E-state index is 11.7. The van der Waals surface area contributed by atoms with Crippen molar-refractivity contribution in [1.29, 1.82) is 0 Å². The quantitative estimate of drug-likeness (QED) is 0.613. The van der Waals surface area contributed by atoms with Gasteiger partial charge >= 0.3 is 12.0 Å². The number of nitrogens with one attached hydrogen (secondary N) is 2. The predicted molar refractivity (Wildman–Crippen MR) is 71.1 cm³/mol. The second-order valence-electron chi connectivity index (χ2n) is 5.30. The van der Waals surface area contributed by atoms with E-state index in [0.717, 1.165) is 32.3 Å². The maximum absolute atomic E-state index is 11.7. The van der Waals surface area contributed by atoms with Crippen LogP contribution < -0.4 is 10.6 Å². The van der Waals surface area contributed by atoms with Crippen molar-refractivity contribution in [2.75, 3.05) is 19.8 Å². The number of hydrogen-bond acceptors (Lipinski definition) is 3. The Labute approximate surface area is 113 Å². The molecule has 110 valence electrons. The van der Waals surface area contributed by atoms with E-state index in [1.54, 1.807) is 0 Å². The lowest BCUT2D eigenvalue weighted by molar-refractivity contribution is -0.137. The molecule has 1 fully saturated rings. The third-order valence-corrected chi connectivity index (χ3v) is 3.21. The standard InChI is InChI=1S/C13H24N2O4/c1-13(7-5-9-19-10-13)15-12(18)14-8-4-2-3-6-11(16)17/h2-10H2,1H3,(H,16,17)(H2,14,15,18). The molecular formula is C13H24N2O4. The Hall–Kier alpha value is -1.30. The first-order valence-corrected chi connectivity index (χ1v) is 6.87. The zero-order chi connectivity index (χ0) is 14.1. The number of ether oxygens (including phenoxy) is 1. The van der Waals surface area contributed by atoms with E-state index in [0.29, 0.717) is 19.6 Å². The van der Waals surface area contributed by atoms with Gasteiger partial charge in [0.05, 0.1) is 12.1 Å². The second-order valence-corrected chi connectivity index (χ2v) is 5.30. The van der Waals surface area contributed by atoms with E-state index in [2.05, 4.69) is 10.6 Å². The van der Waals surface area contributed by atoms with Crippen molar-refractivity contribution in [3.8, 4) is 0 Å². The van der Waals surface area contributed by atoms with Gasteiger partial charge in [-0.25, -0.2) is 4.79 Å². The highest BCUT2D eigenvalue weighted by atomic mass is 16.5. The van der Waals surface area contributed by atoms with Crippen LogP contribution in [-0.4, -0.2) is 42.4 Å². The fourth-order valence-electron chi connectivity index (χ4n) is 2.13. The summed E-state index contributed by atoms with van der Waals surface area (Å²) in [7, 11) is 0. The van der Waals surface area contributed by atoms with Gasteiger partial charge in [-0.15, -0.1) is 0 Å². The molecule has 19 heavy (non-hydrogen) atoms. The molecule has 3 N–H and O–H groups in total. The molecule has 1 unspecified atom stereocenters. The molecule has 1 heterocycles. The molecule has 0 aliphatic carbocycles. The van der Waals surface area contributed by atoms with Gasteiger partial charge in [0.25, 0.3) is 0 Å². The van der Waals surface area contributed by atoms with Gasteiger partial charge in [0.2, 0.25) is 0 Å². The van der Waals surface area contributed by atoms with Crippen LogP contribution in [0.25, 0.3) is 0 Å². The first-order valence-electron chi connectivity index (χ1n) is 6.87. The average molecular weight is 272 g/mol. The fourth-order valence-corrected chi connectivity index (χ4v) is 2.13. The van der Waals surface area contributed by atoms with E-state index in [9.17, 15) is 9.59 Å². The summed E-state index contributed by atoms with van der Waals surface area (Å²) in [4.78, 5) is 22.0. The number of carboxylic acids is 1. The summed E-state index contributed by atoms with van der Waals surface area (Å²) >= 11 is 0. The topological polar surface area (TPSA) is 87.7 Å². The molecule has 0 saturated carbocycles. The van der Waals surface area contributed by atoms with E-state index in [1.165, 1.54) is 0 Å². The maximum Gasteiger partial charge on any atom is 0.315 e. The molecule has 1 atom stereocenters. The summed E-state index contributed by atoms with van der Waals surface area (Å²) in [6.45, 7) is 3.88. The lowest BCUT2D eigenvalue weighted by Gasteiger charge is -2.34. The normalized spacial score (nSPS) is 22.8. The lowest BCUT2D eigenvalue weighted by Crippen LogP contribution is -2.54. The highest BCUT2D eigenvalue weighted by Crippen LogP contribution is 2.17. The minimum absolute atomic E-state index is 0.175. The number of rotatable bonds is 7. The summed E-state index contributed by atoms with van der Waals surface area (Å²) in [5, 5.41) is 14.2. The number of aliphatic carboxylic acids is 1. The molecule has 1 saturated heterocycles. The van der Waals surface area contributed by atoms with Gasteiger partial charge in [-0.1, -0.05) is 6.42 Å². The number of carbonyl (C=O) groups excluding carboxylic acids is 1. The number of carbonyl (C=O) groups is 2. The van der Waals surface area contributed by atoms with E-state index < -0.39 is 5.97 Å². The third-order valence-electron chi connectivity index (χ3n) is 3.21. The monoisotopic (exact) mass is 272 g/mol. The van der Waals surface area contributed by atoms with Crippen LogP contribution in [0.3, 0.4) is 0 Å². The molecule has 1 aliphatic heterocycles. The highest BCUT2D eigenvalue weighted by Gasteiger charge is 2.28. The molecular weight excluding hydrogens is 248 g/mol. The van der Waals surface area contributed by atoms with Gasteiger partial charge in [-0.3, -0.25) is 4.79 Å². The molecule has 0 spiro atoms. The Bertz CT molecular complexity index is 301. The Morgan fingerprint density at radius 2 is 2.11 bits per heavy atom. The number of amides is 2. The molecule has 0 aromatic heterocycles. The van der Waals surface area contributed by atoms with Crippen molar-refractivity contribution in [3.05, 3.63) is 0 Å². The van der Waals surface area contributed by atoms with Crippen molar-refractivity contribution in [2.45, 2.75) is 51.0 Å². The first kappa shape index (κ1) is 15.8. The van der Waals surface area contributed by atoms with Gasteiger partial charge in [0.1, 0.15) is 0 Å². The van der Waals surface area contributed by atoms with Gasteiger partial charge < -0.3 is 20.5 Å². The molecule has 1 rings (SSSR count). The Morgan fingerprint density at radius 3 is 2.74 bits per heavy atom. The van der Waals surface area contributed by atoms with Crippen LogP contribution in [0, 0.1) is 0 Å². The summed E-state index contributed by atoms with van der Waals surface area (Å²) < 4.78 is 5.37. The van der Waals surface area contributed by atoms with Gasteiger partial charge in [0, 0.05) is 19.6 Å². The SMILES string of the molecule is CC1(NC(=O)NCCCCCC(=O)O)CCCOC1. The van der Waals surface area contributed by atoms with E-state index >= 15 is 0 Å². The van der Waals surface area contributed by atoms with Crippen molar-refractivity contribution < 1.29 is 19.4 Å². The summed E-state index contributed by atoms with van der Waals surface area (Å²) in [5.41, 5.74) is -0.272. The average Bonchev–Trinajstić information content (AvgIpc) is 2.33. The molecule has 0 radical (unpaired) electrons. The third kappa shape index (κ3) is 7.00. The zero-order valence-corrected chi connectivity index (χ0v) is 11.5. The van der Waals surface area contributed by atoms with Gasteiger partial charge in [0.15, 0.2) is 0 Å². The lowest BCUT2D eigenvalue weighted by atomic mass is 9.95. The van der Waals surface area contributed by atoms with Crippen molar-refractivity contribution in [3.63, 3.8) is 0 Å². The van der Waals surface area contributed by atoms with Crippen molar-refractivity contribution >= 4 is 12.0 Å². The molecule has 0 aromatic rings. The predicted octanol–water partition coefficient (Wildman–Crippen LogP) is 1.50. The highest BCUT2D eigenvalue weighted by molar-refractivity contribution is 5.74. The minimum Gasteiger partial charge on any atom is -0.481 e.